The molecule has 4 rings (SSSR count). The van der Waals surface area contributed by atoms with Crippen LogP contribution in [-0.4, -0.2) is 39.1 Å². The molecule has 0 saturated heterocycles. The first kappa shape index (κ1) is 32.7. The number of carbonyl (C=O) groups is 1. The van der Waals surface area contributed by atoms with Crippen molar-refractivity contribution in [1.29, 1.82) is 0 Å². The molecule has 0 unspecified atom stereocenters. The first-order chi connectivity index (χ1) is 21.0. The highest BCUT2D eigenvalue weighted by atomic mass is 79.9. The largest absolute Gasteiger partial charge is 0.493 e. The van der Waals surface area contributed by atoms with E-state index < -0.39 is 38.0 Å². The Balaban J connectivity index is 1.50. The molecule has 1 N–H and O–H groups in total. The van der Waals surface area contributed by atoms with Crippen LogP contribution in [-0.2, 0) is 21.4 Å². The summed E-state index contributed by atoms with van der Waals surface area (Å²) in [4.78, 5) is 23.1. The number of nitro benzene ring substituents is 1. The number of nitro groups is 1. The zero-order valence-corrected chi connectivity index (χ0v) is 26.7. The molecule has 228 valence electrons. The van der Waals surface area contributed by atoms with E-state index in [2.05, 4.69) is 26.5 Å². The van der Waals surface area contributed by atoms with Crippen LogP contribution in [0.1, 0.15) is 11.1 Å². The van der Waals surface area contributed by atoms with Crippen LogP contribution in [0.2, 0.25) is 10.0 Å². The first-order valence-corrected chi connectivity index (χ1v) is 15.6. The number of rotatable bonds is 12. The van der Waals surface area contributed by atoms with Crippen LogP contribution in [0.3, 0.4) is 0 Å². The van der Waals surface area contributed by atoms with Gasteiger partial charge in [0, 0.05) is 6.07 Å². The molecule has 11 nitrogen and oxygen atoms in total. The number of para-hydroxylation sites is 2. The first-order valence-electron chi connectivity index (χ1n) is 12.6. The van der Waals surface area contributed by atoms with Gasteiger partial charge in [-0.05, 0) is 69.5 Å². The Bertz CT molecular complexity index is 1830. The lowest BCUT2D eigenvalue weighted by atomic mass is 10.2. The molecule has 0 aromatic heterocycles. The third-order valence-corrected chi connectivity index (χ3v) is 9.13. The maximum absolute atomic E-state index is 13.6. The molecular weight excluding hydrogens is 699 g/mol. The molecule has 44 heavy (non-hydrogen) atoms. The van der Waals surface area contributed by atoms with Crippen LogP contribution in [0.15, 0.2) is 99.4 Å². The molecule has 4 aromatic carbocycles. The van der Waals surface area contributed by atoms with Crippen LogP contribution in [0.25, 0.3) is 0 Å². The van der Waals surface area contributed by atoms with Crippen molar-refractivity contribution in [3.8, 4) is 11.5 Å². The van der Waals surface area contributed by atoms with Gasteiger partial charge >= 0.3 is 0 Å². The van der Waals surface area contributed by atoms with Gasteiger partial charge in [-0.2, -0.15) is 5.10 Å². The summed E-state index contributed by atoms with van der Waals surface area (Å²) in [5.74, 6) is -0.00337. The summed E-state index contributed by atoms with van der Waals surface area (Å²) in [5.41, 5.74) is 3.12. The van der Waals surface area contributed by atoms with Crippen molar-refractivity contribution in [1.82, 2.24) is 5.43 Å². The van der Waals surface area contributed by atoms with Crippen molar-refractivity contribution >= 4 is 72.7 Å². The minimum absolute atomic E-state index is 0.134. The van der Waals surface area contributed by atoms with E-state index in [1.165, 1.54) is 37.6 Å². The highest BCUT2D eigenvalue weighted by Crippen LogP contribution is 2.37. The minimum atomic E-state index is -4.52. The van der Waals surface area contributed by atoms with Gasteiger partial charge in [-0.25, -0.2) is 13.8 Å². The number of carbonyl (C=O) groups excluding carboxylic acids is 1. The molecule has 4 aromatic rings. The third kappa shape index (κ3) is 7.85. The molecular formula is C29H23BrCl2N4O7S. The fraction of sp³-hybridized carbons (Fsp3) is 0.103. The summed E-state index contributed by atoms with van der Waals surface area (Å²) in [6.07, 6.45) is 1.33. The molecule has 0 radical (unpaired) electrons. The van der Waals surface area contributed by atoms with Crippen molar-refractivity contribution < 1.29 is 27.6 Å². The second kappa shape index (κ2) is 14.5. The Kier molecular flexibility index (Phi) is 10.8. The number of hydrogen-bond acceptors (Lipinski definition) is 8. The minimum Gasteiger partial charge on any atom is -0.493 e. The van der Waals surface area contributed by atoms with Gasteiger partial charge in [0.05, 0.1) is 38.5 Å². The van der Waals surface area contributed by atoms with Gasteiger partial charge in [0.2, 0.25) is 0 Å². The zero-order valence-electron chi connectivity index (χ0n) is 22.8. The van der Waals surface area contributed by atoms with E-state index in [4.69, 9.17) is 32.7 Å². The summed E-state index contributed by atoms with van der Waals surface area (Å²) >= 11 is 15.5. The lowest BCUT2D eigenvalue weighted by Gasteiger charge is -2.23. The third-order valence-electron chi connectivity index (χ3n) is 5.98. The number of nitrogens with one attached hydrogen (secondary N) is 1. The summed E-state index contributed by atoms with van der Waals surface area (Å²) < 4.78 is 39.8. The summed E-state index contributed by atoms with van der Waals surface area (Å²) in [6, 6.07) is 21.1. The van der Waals surface area contributed by atoms with Gasteiger partial charge < -0.3 is 9.47 Å². The SMILES string of the molecule is COc1cc(/C=N\NC(=O)CN(c2ccccc2)S(=O)(=O)c2ccccc2[N+](=O)[O-])cc(Br)c1OCc1ccc(Cl)c(Cl)c1. The molecule has 0 bridgehead atoms. The number of amides is 1. The fourth-order valence-corrected chi connectivity index (χ4v) is 6.41. The van der Waals surface area contributed by atoms with Crippen LogP contribution in [0.5, 0.6) is 11.5 Å². The normalized spacial score (nSPS) is 11.3. The average molecular weight is 722 g/mol. The van der Waals surface area contributed by atoms with E-state index in [0.29, 0.717) is 31.6 Å². The van der Waals surface area contributed by atoms with Gasteiger partial charge in [0.25, 0.3) is 21.6 Å². The maximum Gasteiger partial charge on any atom is 0.289 e. The summed E-state index contributed by atoms with van der Waals surface area (Å²) in [6.45, 7) is -0.521. The summed E-state index contributed by atoms with van der Waals surface area (Å²) in [5, 5.41) is 16.3. The zero-order chi connectivity index (χ0) is 31.9. The van der Waals surface area contributed by atoms with Crippen molar-refractivity contribution in [3.05, 3.63) is 121 Å². The molecule has 15 heteroatoms. The van der Waals surface area contributed by atoms with Crippen LogP contribution in [0, 0.1) is 10.1 Å². The predicted octanol–water partition coefficient (Wildman–Crippen LogP) is 6.60. The number of anilines is 1. The van der Waals surface area contributed by atoms with Crippen LogP contribution < -0.4 is 19.2 Å². The van der Waals surface area contributed by atoms with Gasteiger partial charge in [0.1, 0.15) is 13.2 Å². The van der Waals surface area contributed by atoms with Crippen molar-refractivity contribution in [2.24, 2.45) is 5.10 Å². The molecule has 0 saturated carbocycles. The number of halogens is 3. The van der Waals surface area contributed by atoms with Gasteiger partial charge in [0.15, 0.2) is 16.4 Å². The van der Waals surface area contributed by atoms with Crippen LogP contribution in [0.4, 0.5) is 11.4 Å². The van der Waals surface area contributed by atoms with E-state index >= 15 is 0 Å². The van der Waals surface area contributed by atoms with E-state index in [-0.39, 0.29) is 12.3 Å². The molecule has 0 spiro atoms. The van der Waals surface area contributed by atoms with E-state index in [1.807, 2.05) is 0 Å². The Morgan fingerprint density at radius 1 is 1.05 bits per heavy atom. The predicted molar refractivity (Wildman–Crippen MR) is 171 cm³/mol. The highest BCUT2D eigenvalue weighted by molar-refractivity contribution is 9.10. The van der Waals surface area contributed by atoms with Crippen molar-refractivity contribution in [2.75, 3.05) is 18.0 Å². The highest BCUT2D eigenvalue weighted by Gasteiger charge is 2.33. The number of hydrazone groups is 1. The molecule has 1 amide bonds. The lowest BCUT2D eigenvalue weighted by molar-refractivity contribution is -0.387. The fourth-order valence-electron chi connectivity index (χ4n) is 3.94. The quantitative estimate of drug-likeness (QED) is 0.0988. The Labute approximate surface area is 271 Å². The summed E-state index contributed by atoms with van der Waals surface area (Å²) in [7, 11) is -3.06. The number of methoxy groups -OCH3 is 1. The topological polar surface area (TPSA) is 140 Å². The van der Waals surface area contributed by atoms with Gasteiger partial charge in [-0.1, -0.05) is 59.6 Å². The monoisotopic (exact) mass is 720 g/mol. The Morgan fingerprint density at radius 3 is 2.43 bits per heavy atom. The Hall–Kier alpha value is -4.17. The Morgan fingerprint density at radius 2 is 1.75 bits per heavy atom. The number of ether oxygens (including phenoxy) is 2. The standard InChI is InChI=1S/C29H23BrCl2N4O7S/c1-42-26-15-20(13-22(30)29(26)43-18-19-11-12-23(31)24(32)14-19)16-33-34-28(37)17-35(21-7-3-2-4-8-21)44(40,41)27-10-6-5-9-25(27)36(38)39/h2-16H,17-18H2,1H3,(H,34,37)/b33-16-. The molecule has 0 aliphatic heterocycles. The molecule has 0 heterocycles. The van der Waals surface area contributed by atoms with Crippen molar-refractivity contribution in [3.63, 3.8) is 0 Å². The van der Waals surface area contributed by atoms with E-state index in [0.717, 1.165) is 22.0 Å². The van der Waals surface area contributed by atoms with E-state index in [9.17, 15) is 23.3 Å². The average Bonchev–Trinajstić information content (AvgIpc) is 3.01. The van der Waals surface area contributed by atoms with Gasteiger partial charge in [-0.15, -0.1) is 0 Å². The van der Waals surface area contributed by atoms with Crippen molar-refractivity contribution in [2.45, 2.75) is 11.5 Å². The smallest absolute Gasteiger partial charge is 0.289 e. The van der Waals surface area contributed by atoms with Gasteiger partial charge in [-0.3, -0.25) is 19.2 Å². The molecule has 0 atom stereocenters. The molecule has 0 fully saturated rings. The second-order valence-electron chi connectivity index (χ2n) is 8.94. The number of hydrogen-bond donors (Lipinski definition) is 1. The second-order valence-corrected chi connectivity index (χ2v) is 12.4. The number of sulfonamides is 1. The lowest BCUT2D eigenvalue weighted by Crippen LogP contribution is -2.39. The number of benzene rings is 4. The van der Waals surface area contributed by atoms with E-state index in [1.54, 1.807) is 48.5 Å². The molecule has 0 aliphatic rings. The van der Waals surface area contributed by atoms with Crippen LogP contribution >= 0.6 is 39.1 Å². The number of nitrogens with zero attached hydrogens (tertiary/aromatic N) is 3. The molecule has 0 aliphatic carbocycles. The maximum atomic E-state index is 13.6.